The van der Waals surface area contributed by atoms with Gasteiger partial charge in [0.05, 0.1) is 5.56 Å². The standard InChI is InChI=1S/C14H17F2N3O2/c1-2-17-9-5-8-12-18-19-13(21-12)10-6-3-4-7-11(10)20-14(15)16/h3-4,6-7,14,17H,2,5,8-9H2,1H3. The smallest absolute Gasteiger partial charge is 0.387 e. The minimum atomic E-state index is -2.89. The van der Waals surface area contributed by atoms with E-state index in [2.05, 4.69) is 20.3 Å². The van der Waals surface area contributed by atoms with E-state index in [0.717, 1.165) is 19.5 Å². The van der Waals surface area contributed by atoms with Crippen LogP contribution < -0.4 is 10.1 Å². The van der Waals surface area contributed by atoms with Gasteiger partial charge in [0.1, 0.15) is 5.75 Å². The van der Waals surface area contributed by atoms with Crippen molar-refractivity contribution in [1.29, 1.82) is 0 Å². The van der Waals surface area contributed by atoms with Gasteiger partial charge in [0.15, 0.2) is 0 Å². The van der Waals surface area contributed by atoms with Crippen molar-refractivity contribution in [3.8, 4) is 17.2 Å². The molecule has 0 saturated carbocycles. The van der Waals surface area contributed by atoms with Crippen LogP contribution >= 0.6 is 0 Å². The van der Waals surface area contributed by atoms with Gasteiger partial charge in [-0.1, -0.05) is 19.1 Å². The highest BCUT2D eigenvalue weighted by Crippen LogP contribution is 2.29. The summed E-state index contributed by atoms with van der Waals surface area (Å²) in [5, 5.41) is 11.0. The van der Waals surface area contributed by atoms with Gasteiger partial charge >= 0.3 is 6.61 Å². The SMILES string of the molecule is CCNCCCc1nnc(-c2ccccc2OC(F)F)o1. The highest BCUT2D eigenvalue weighted by atomic mass is 19.3. The van der Waals surface area contributed by atoms with Crippen molar-refractivity contribution < 1.29 is 17.9 Å². The van der Waals surface area contributed by atoms with Crippen LogP contribution in [0.5, 0.6) is 5.75 Å². The maximum atomic E-state index is 12.4. The van der Waals surface area contributed by atoms with E-state index < -0.39 is 6.61 Å². The van der Waals surface area contributed by atoms with Crippen LogP contribution in [0.3, 0.4) is 0 Å². The third kappa shape index (κ3) is 4.49. The molecule has 0 spiro atoms. The Balaban J connectivity index is 2.07. The van der Waals surface area contributed by atoms with E-state index in [4.69, 9.17) is 4.42 Å². The molecule has 21 heavy (non-hydrogen) atoms. The van der Waals surface area contributed by atoms with Crippen LogP contribution in [-0.4, -0.2) is 29.9 Å². The first-order valence-electron chi connectivity index (χ1n) is 6.78. The Kier molecular flexibility index (Phi) is 5.62. The summed E-state index contributed by atoms with van der Waals surface area (Å²) >= 11 is 0. The second-order valence-electron chi connectivity index (χ2n) is 4.33. The zero-order valence-electron chi connectivity index (χ0n) is 11.7. The van der Waals surface area contributed by atoms with Crippen LogP contribution in [0, 0.1) is 0 Å². The molecule has 7 heteroatoms. The highest BCUT2D eigenvalue weighted by Gasteiger charge is 2.15. The number of benzene rings is 1. The number of halogens is 2. The number of nitrogens with zero attached hydrogens (tertiary/aromatic N) is 2. The number of aromatic nitrogens is 2. The highest BCUT2D eigenvalue weighted by molar-refractivity contribution is 5.62. The van der Waals surface area contributed by atoms with E-state index in [9.17, 15) is 8.78 Å². The molecule has 114 valence electrons. The van der Waals surface area contributed by atoms with Crippen LogP contribution in [-0.2, 0) is 6.42 Å². The summed E-state index contributed by atoms with van der Waals surface area (Å²) in [6.07, 6.45) is 1.50. The zero-order valence-corrected chi connectivity index (χ0v) is 11.7. The third-order valence-corrected chi connectivity index (χ3v) is 2.79. The van der Waals surface area contributed by atoms with E-state index in [-0.39, 0.29) is 11.6 Å². The van der Waals surface area contributed by atoms with Crippen LogP contribution in [0.25, 0.3) is 11.5 Å². The minimum absolute atomic E-state index is 0.0235. The van der Waals surface area contributed by atoms with Crippen LogP contribution in [0.15, 0.2) is 28.7 Å². The molecule has 1 aromatic carbocycles. The minimum Gasteiger partial charge on any atom is -0.434 e. The average molecular weight is 297 g/mol. The molecule has 0 aliphatic rings. The number of para-hydroxylation sites is 1. The fourth-order valence-corrected chi connectivity index (χ4v) is 1.85. The fraction of sp³-hybridized carbons (Fsp3) is 0.429. The van der Waals surface area contributed by atoms with Gasteiger partial charge in [-0.3, -0.25) is 0 Å². The van der Waals surface area contributed by atoms with Gasteiger partial charge in [0.25, 0.3) is 5.89 Å². The molecule has 1 N–H and O–H groups in total. The Bertz CT molecular complexity index is 561. The second-order valence-corrected chi connectivity index (χ2v) is 4.33. The molecular weight excluding hydrogens is 280 g/mol. The monoisotopic (exact) mass is 297 g/mol. The van der Waals surface area contributed by atoms with Crippen molar-refractivity contribution in [1.82, 2.24) is 15.5 Å². The zero-order chi connectivity index (χ0) is 15.1. The lowest BCUT2D eigenvalue weighted by molar-refractivity contribution is -0.0495. The Morgan fingerprint density at radius 2 is 2.10 bits per heavy atom. The number of hydrogen-bond acceptors (Lipinski definition) is 5. The van der Waals surface area contributed by atoms with Crippen LogP contribution in [0.1, 0.15) is 19.2 Å². The van der Waals surface area contributed by atoms with E-state index in [1.165, 1.54) is 6.07 Å². The number of ether oxygens (including phenoxy) is 1. The van der Waals surface area contributed by atoms with Gasteiger partial charge in [0, 0.05) is 6.42 Å². The summed E-state index contributed by atoms with van der Waals surface area (Å²) in [5.41, 5.74) is 0.364. The van der Waals surface area contributed by atoms with Crippen LogP contribution in [0.2, 0.25) is 0 Å². The fourth-order valence-electron chi connectivity index (χ4n) is 1.85. The molecule has 0 atom stereocenters. The molecule has 2 rings (SSSR count). The molecule has 0 radical (unpaired) electrons. The Morgan fingerprint density at radius 1 is 1.29 bits per heavy atom. The Hall–Kier alpha value is -2.02. The van der Waals surface area contributed by atoms with Gasteiger partial charge in [-0.15, -0.1) is 10.2 Å². The molecule has 1 aromatic heterocycles. The Labute approximate surface area is 121 Å². The number of alkyl halides is 2. The number of aryl methyl sites for hydroxylation is 1. The first-order chi connectivity index (χ1) is 10.2. The summed E-state index contributed by atoms with van der Waals surface area (Å²) in [5.74, 6) is 0.690. The van der Waals surface area contributed by atoms with Gasteiger partial charge in [0.2, 0.25) is 5.89 Å². The first-order valence-corrected chi connectivity index (χ1v) is 6.78. The lowest BCUT2D eigenvalue weighted by Crippen LogP contribution is -2.14. The maximum absolute atomic E-state index is 12.4. The van der Waals surface area contributed by atoms with Crippen molar-refractivity contribution in [3.05, 3.63) is 30.2 Å². The van der Waals surface area contributed by atoms with Crippen molar-refractivity contribution in [2.24, 2.45) is 0 Å². The molecule has 0 amide bonds. The van der Waals surface area contributed by atoms with Crippen LogP contribution in [0.4, 0.5) is 8.78 Å². The quantitative estimate of drug-likeness (QED) is 0.759. The van der Waals surface area contributed by atoms with E-state index in [1.54, 1.807) is 18.2 Å². The predicted octanol–water partition coefficient (Wildman–Crippen LogP) is 2.88. The lowest BCUT2D eigenvalue weighted by atomic mass is 10.2. The third-order valence-electron chi connectivity index (χ3n) is 2.79. The van der Waals surface area contributed by atoms with Gasteiger partial charge in [-0.25, -0.2) is 0 Å². The Morgan fingerprint density at radius 3 is 2.86 bits per heavy atom. The molecule has 0 aliphatic carbocycles. The molecule has 0 unspecified atom stereocenters. The largest absolute Gasteiger partial charge is 0.434 e. The van der Waals surface area contributed by atoms with Crippen molar-refractivity contribution in [2.75, 3.05) is 13.1 Å². The molecule has 0 fully saturated rings. The summed E-state index contributed by atoms with van der Waals surface area (Å²) in [6.45, 7) is 0.908. The van der Waals surface area contributed by atoms with Gasteiger partial charge < -0.3 is 14.5 Å². The summed E-state index contributed by atoms with van der Waals surface area (Å²) < 4.78 is 34.7. The maximum Gasteiger partial charge on any atom is 0.387 e. The topological polar surface area (TPSA) is 60.2 Å². The van der Waals surface area contributed by atoms with Crippen molar-refractivity contribution in [2.45, 2.75) is 26.4 Å². The van der Waals surface area contributed by atoms with Crippen molar-refractivity contribution in [3.63, 3.8) is 0 Å². The molecule has 1 heterocycles. The van der Waals surface area contributed by atoms with Crippen molar-refractivity contribution >= 4 is 0 Å². The number of rotatable bonds is 8. The number of hydrogen-bond donors (Lipinski definition) is 1. The molecule has 5 nitrogen and oxygen atoms in total. The number of nitrogens with one attached hydrogen (secondary N) is 1. The molecule has 0 saturated heterocycles. The summed E-state index contributed by atoms with van der Waals surface area (Å²) in [6, 6.07) is 6.35. The summed E-state index contributed by atoms with van der Waals surface area (Å²) in [4.78, 5) is 0. The molecule has 0 aliphatic heterocycles. The van der Waals surface area contributed by atoms with Gasteiger partial charge in [-0.05, 0) is 31.6 Å². The van der Waals surface area contributed by atoms with E-state index in [1.807, 2.05) is 6.92 Å². The molecule has 0 bridgehead atoms. The van der Waals surface area contributed by atoms with E-state index >= 15 is 0 Å². The second kappa shape index (κ2) is 7.68. The summed E-state index contributed by atoms with van der Waals surface area (Å²) in [7, 11) is 0. The molecular formula is C14H17F2N3O2. The normalized spacial score (nSPS) is 11.0. The average Bonchev–Trinajstić information content (AvgIpc) is 2.92. The van der Waals surface area contributed by atoms with Gasteiger partial charge in [-0.2, -0.15) is 8.78 Å². The lowest BCUT2D eigenvalue weighted by Gasteiger charge is -2.07. The predicted molar refractivity (Wildman–Crippen MR) is 73.2 cm³/mol. The first kappa shape index (κ1) is 15.4. The van der Waals surface area contributed by atoms with E-state index in [0.29, 0.717) is 17.9 Å². The molecule has 2 aromatic rings.